The molecule has 3 unspecified atom stereocenters. The Balaban J connectivity index is 2.02. The lowest BCUT2D eigenvalue weighted by atomic mass is 9.61. The predicted molar refractivity (Wildman–Crippen MR) is 145 cm³/mol. The molecule has 1 fully saturated rings. The van der Waals surface area contributed by atoms with E-state index in [1.807, 2.05) is 27.7 Å². The van der Waals surface area contributed by atoms with E-state index in [2.05, 4.69) is 0 Å². The molecular weight excluding hydrogens is 508 g/mol. The average molecular weight is 545 g/mol. The molecule has 0 N–H and O–H groups in total. The zero-order valence-electron chi connectivity index (χ0n) is 22.3. The molecule has 6 nitrogen and oxygen atoms in total. The quantitative estimate of drug-likeness (QED) is 0.339. The fourth-order valence-corrected chi connectivity index (χ4v) is 8.95. The second-order valence-corrected chi connectivity index (χ2v) is 15.2. The Morgan fingerprint density at radius 3 is 1.92 bits per heavy atom. The Morgan fingerprint density at radius 1 is 0.919 bits per heavy atom. The van der Waals surface area contributed by atoms with Crippen LogP contribution in [0.3, 0.4) is 0 Å². The van der Waals surface area contributed by atoms with Crippen LogP contribution in [0.15, 0.2) is 70.0 Å². The van der Waals surface area contributed by atoms with Gasteiger partial charge in [0.25, 0.3) is 0 Å². The van der Waals surface area contributed by atoms with E-state index in [4.69, 9.17) is 0 Å². The summed E-state index contributed by atoms with van der Waals surface area (Å²) in [5, 5.41) is -1.00. The molecule has 1 aliphatic carbocycles. The smallest absolute Gasteiger partial charge is 0.201 e. The van der Waals surface area contributed by atoms with E-state index in [0.717, 1.165) is 11.1 Å². The molecule has 0 bridgehead atoms. The summed E-state index contributed by atoms with van der Waals surface area (Å²) in [6.07, 6.45) is 1.59. The van der Waals surface area contributed by atoms with E-state index in [9.17, 15) is 26.4 Å². The zero-order chi connectivity index (χ0) is 27.8. The van der Waals surface area contributed by atoms with Crippen molar-refractivity contribution in [1.29, 1.82) is 0 Å². The van der Waals surface area contributed by atoms with Gasteiger partial charge in [0.05, 0.1) is 20.8 Å². The molecule has 1 saturated carbocycles. The van der Waals surface area contributed by atoms with Crippen molar-refractivity contribution in [3.63, 3.8) is 0 Å². The van der Waals surface area contributed by atoms with Gasteiger partial charge in [0.2, 0.25) is 5.78 Å². The molecule has 0 heterocycles. The van der Waals surface area contributed by atoms with Crippen molar-refractivity contribution in [2.24, 2.45) is 17.3 Å². The van der Waals surface area contributed by atoms with Gasteiger partial charge >= 0.3 is 0 Å². The molecule has 0 aromatic heterocycles. The number of ketones is 2. The molecule has 2 aromatic carbocycles. The molecule has 0 radical (unpaired) electrons. The Morgan fingerprint density at radius 2 is 1.41 bits per heavy atom. The van der Waals surface area contributed by atoms with Crippen molar-refractivity contribution < 1.29 is 26.4 Å². The lowest BCUT2D eigenvalue weighted by Crippen LogP contribution is -2.51. The second-order valence-electron chi connectivity index (χ2n) is 11.0. The molecule has 1 aliphatic rings. The summed E-state index contributed by atoms with van der Waals surface area (Å²) < 4.78 is 53.8. The van der Waals surface area contributed by atoms with Crippen LogP contribution in [0.2, 0.25) is 0 Å². The predicted octanol–water partition coefficient (Wildman–Crippen LogP) is 5.08. The van der Waals surface area contributed by atoms with Gasteiger partial charge in [-0.15, -0.1) is 0 Å². The van der Waals surface area contributed by atoms with Crippen LogP contribution >= 0.6 is 0 Å². The van der Waals surface area contributed by atoms with Crippen molar-refractivity contribution in [3.05, 3.63) is 71.3 Å². The maximum absolute atomic E-state index is 14.0. The summed E-state index contributed by atoms with van der Waals surface area (Å²) in [4.78, 5) is 25.4. The highest BCUT2D eigenvalue weighted by atomic mass is 32.2. The lowest BCUT2D eigenvalue weighted by Gasteiger charge is -2.45. The molecular formula is C29H36O6S2. The molecule has 3 atom stereocenters. The highest BCUT2D eigenvalue weighted by molar-refractivity contribution is 7.92. The largest absolute Gasteiger partial charge is 0.291 e. The summed E-state index contributed by atoms with van der Waals surface area (Å²) in [6, 6.07) is 13.2. The Kier molecular flexibility index (Phi) is 8.35. The summed E-state index contributed by atoms with van der Waals surface area (Å²) in [6.45, 7) is 10.8. The van der Waals surface area contributed by atoms with Crippen molar-refractivity contribution in [3.8, 4) is 0 Å². The molecule has 200 valence electrons. The summed E-state index contributed by atoms with van der Waals surface area (Å²) in [5.41, 5.74) is 1.73. The number of benzene rings is 2. The first-order chi connectivity index (χ1) is 17.1. The number of sulfone groups is 2. The highest BCUT2D eigenvalue weighted by Crippen LogP contribution is 2.47. The monoisotopic (exact) mass is 544 g/mol. The molecule has 3 rings (SSSR count). The van der Waals surface area contributed by atoms with Gasteiger partial charge in [0.1, 0.15) is 0 Å². The van der Waals surface area contributed by atoms with E-state index >= 15 is 0 Å². The number of hydrogen-bond acceptors (Lipinski definition) is 6. The minimum atomic E-state index is -3.92. The topological polar surface area (TPSA) is 102 Å². The van der Waals surface area contributed by atoms with Crippen LogP contribution in [0.25, 0.3) is 0 Å². The van der Waals surface area contributed by atoms with Crippen molar-refractivity contribution in [2.75, 3.05) is 5.75 Å². The number of allylic oxidation sites excluding steroid dienone is 1. The second kappa shape index (κ2) is 10.7. The van der Waals surface area contributed by atoms with Crippen LogP contribution in [-0.2, 0) is 29.3 Å². The molecule has 2 aromatic rings. The average Bonchev–Trinajstić information content (AvgIpc) is 2.81. The van der Waals surface area contributed by atoms with Crippen molar-refractivity contribution >= 4 is 31.2 Å². The first-order valence-corrected chi connectivity index (χ1v) is 15.6. The number of rotatable bonds is 8. The molecule has 0 spiro atoms. The fourth-order valence-electron chi connectivity index (χ4n) is 5.36. The minimum absolute atomic E-state index is 0.0225. The van der Waals surface area contributed by atoms with E-state index in [1.165, 1.54) is 0 Å². The minimum Gasteiger partial charge on any atom is -0.291 e. The first kappa shape index (κ1) is 29.0. The van der Waals surface area contributed by atoms with Crippen LogP contribution < -0.4 is 0 Å². The highest BCUT2D eigenvalue weighted by Gasteiger charge is 2.52. The van der Waals surface area contributed by atoms with Gasteiger partial charge < -0.3 is 0 Å². The van der Waals surface area contributed by atoms with Crippen LogP contribution in [0.4, 0.5) is 0 Å². The third-order valence-corrected chi connectivity index (χ3v) is 11.2. The van der Waals surface area contributed by atoms with E-state index in [-0.39, 0.29) is 28.4 Å². The normalized spacial score (nSPS) is 21.6. The zero-order valence-corrected chi connectivity index (χ0v) is 23.9. The molecule has 37 heavy (non-hydrogen) atoms. The SMILES string of the molecule is CC(=CCS(=O)(=O)c1ccc(C)cc1)CC(C1C(C)C(=O)C(=O)CC1(C)C)S(=O)(=O)c1ccc(C)cc1. The lowest BCUT2D eigenvalue weighted by molar-refractivity contribution is -0.146. The third kappa shape index (κ3) is 6.29. The van der Waals surface area contributed by atoms with E-state index in [1.54, 1.807) is 68.5 Å². The summed E-state index contributed by atoms with van der Waals surface area (Å²) in [5.74, 6) is -2.68. The number of Topliss-reactive ketones (excluding diaryl/α,β-unsaturated/α-hetero) is 2. The van der Waals surface area contributed by atoms with Gasteiger partial charge in [-0.2, -0.15) is 0 Å². The molecule has 0 amide bonds. The number of carbonyl (C=O) groups is 2. The van der Waals surface area contributed by atoms with Gasteiger partial charge in [-0.05, 0) is 62.8 Å². The van der Waals surface area contributed by atoms with Gasteiger partial charge in [-0.3, -0.25) is 9.59 Å². The summed E-state index contributed by atoms with van der Waals surface area (Å²) in [7, 11) is -7.52. The maximum Gasteiger partial charge on any atom is 0.201 e. The Labute approximate surface area is 221 Å². The maximum atomic E-state index is 14.0. The fraction of sp³-hybridized carbons (Fsp3) is 0.448. The Hall–Kier alpha value is -2.58. The van der Waals surface area contributed by atoms with E-state index in [0.29, 0.717) is 5.57 Å². The number of aryl methyl sites for hydroxylation is 2. The van der Waals surface area contributed by atoms with E-state index < -0.39 is 53.7 Å². The van der Waals surface area contributed by atoms with Gasteiger partial charge in [-0.1, -0.05) is 67.8 Å². The Bertz CT molecular complexity index is 1410. The standard InChI is InChI=1S/C29H36O6S2/c1-19-7-11-23(12-8-19)36(32,33)16-15-21(3)17-26(37(34,35)24-13-9-20(2)10-14-24)27-22(4)28(31)25(30)18-29(27,5)6/h7-15,22,26-27H,16-18H2,1-6H3. The number of carbonyl (C=O) groups excluding carboxylic acids is 2. The van der Waals surface area contributed by atoms with Crippen LogP contribution in [0.5, 0.6) is 0 Å². The third-order valence-electron chi connectivity index (χ3n) is 7.45. The van der Waals surface area contributed by atoms with Crippen LogP contribution in [0.1, 0.15) is 51.7 Å². The van der Waals surface area contributed by atoms with Crippen molar-refractivity contribution in [1.82, 2.24) is 0 Å². The van der Waals surface area contributed by atoms with Crippen LogP contribution in [-0.4, -0.2) is 39.4 Å². The number of hydrogen-bond donors (Lipinski definition) is 0. The van der Waals surface area contributed by atoms with Crippen LogP contribution in [0, 0.1) is 31.1 Å². The van der Waals surface area contributed by atoms with Gasteiger partial charge in [0.15, 0.2) is 25.5 Å². The molecule has 0 aliphatic heterocycles. The summed E-state index contributed by atoms with van der Waals surface area (Å²) >= 11 is 0. The van der Waals surface area contributed by atoms with Crippen molar-refractivity contribution in [2.45, 2.75) is 69.4 Å². The molecule has 0 saturated heterocycles. The van der Waals surface area contributed by atoms with Gasteiger partial charge in [-0.25, -0.2) is 16.8 Å². The van der Waals surface area contributed by atoms with Gasteiger partial charge in [0, 0.05) is 12.3 Å². The molecule has 8 heteroatoms. The first-order valence-electron chi connectivity index (χ1n) is 12.4.